The third kappa shape index (κ3) is 16.0. The number of aliphatic carboxylic acids is 1. The van der Waals surface area contributed by atoms with Gasteiger partial charge in [-0.2, -0.15) is 0 Å². The highest BCUT2D eigenvalue weighted by molar-refractivity contribution is 5.62. The molecular formula is C20H30O2. The van der Waals surface area contributed by atoms with E-state index in [-0.39, 0.29) is 0 Å². The minimum atomic E-state index is -0.833. The zero-order valence-corrected chi connectivity index (χ0v) is 14.5. The van der Waals surface area contributed by atoms with Gasteiger partial charge < -0.3 is 5.11 Å². The first-order valence-electron chi connectivity index (χ1n) is 7.87. The quantitative estimate of drug-likeness (QED) is 0.782. The molecule has 2 aromatic carbocycles. The normalized spacial score (nSPS) is 8.05. The van der Waals surface area contributed by atoms with Gasteiger partial charge in [0.05, 0.1) is 0 Å². The molecule has 0 aliphatic carbocycles. The minimum Gasteiger partial charge on any atom is -0.481 e. The van der Waals surface area contributed by atoms with Crippen LogP contribution in [0, 0.1) is 0 Å². The third-order valence-corrected chi connectivity index (χ3v) is 2.50. The van der Waals surface area contributed by atoms with Gasteiger partial charge in [0.2, 0.25) is 0 Å². The molecule has 2 aromatic rings. The van der Waals surface area contributed by atoms with E-state index in [2.05, 4.69) is 62.4 Å². The van der Waals surface area contributed by atoms with E-state index in [1.807, 2.05) is 26.0 Å². The second-order valence-corrected chi connectivity index (χ2v) is 4.20. The molecule has 0 fully saturated rings. The van der Waals surface area contributed by atoms with Crippen LogP contribution in [0.15, 0.2) is 60.7 Å². The number of rotatable bonds is 2. The highest BCUT2D eigenvalue weighted by Crippen LogP contribution is 1.97. The lowest BCUT2D eigenvalue weighted by molar-refractivity contribution is -0.134. The van der Waals surface area contributed by atoms with Gasteiger partial charge in [0.15, 0.2) is 0 Å². The molecule has 0 aliphatic heterocycles. The standard InChI is InChI=1S/2C8H10.C2H4O2.C2H6/c2*1-2-8-6-4-3-5-7-8;1-2(3)4;1-2/h2*3-7H,2H2,1H3;1H3,(H,3,4);1-2H3. The Balaban J connectivity index is 0. The van der Waals surface area contributed by atoms with Crippen LogP contribution in [-0.2, 0) is 17.6 Å². The van der Waals surface area contributed by atoms with Crippen molar-refractivity contribution in [1.29, 1.82) is 0 Å². The van der Waals surface area contributed by atoms with Crippen LogP contribution in [0.5, 0.6) is 0 Å². The summed E-state index contributed by atoms with van der Waals surface area (Å²) in [6.45, 7) is 9.41. The summed E-state index contributed by atoms with van der Waals surface area (Å²) in [6, 6.07) is 20.9. The Kier molecular flexibility index (Phi) is 17.1. The van der Waals surface area contributed by atoms with Gasteiger partial charge in [-0.05, 0) is 24.0 Å². The Bertz CT molecular complexity index is 406. The fourth-order valence-electron chi connectivity index (χ4n) is 1.43. The maximum Gasteiger partial charge on any atom is 0.300 e. The van der Waals surface area contributed by atoms with Gasteiger partial charge in [-0.1, -0.05) is 88.4 Å². The number of carboxylic acid groups (broad SMARTS) is 1. The number of aryl methyl sites for hydroxylation is 2. The van der Waals surface area contributed by atoms with Crippen molar-refractivity contribution >= 4 is 5.97 Å². The molecule has 0 amide bonds. The third-order valence-electron chi connectivity index (χ3n) is 2.50. The molecule has 0 spiro atoms. The van der Waals surface area contributed by atoms with E-state index in [0.717, 1.165) is 19.8 Å². The zero-order chi connectivity index (χ0) is 17.2. The summed E-state index contributed by atoms with van der Waals surface area (Å²) in [4.78, 5) is 9.00. The Labute approximate surface area is 135 Å². The number of benzene rings is 2. The van der Waals surface area contributed by atoms with E-state index in [1.165, 1.54) is 11.1 Å². The molecule has 0 aliphatic rings. The second kappa shape index (κ2) is 17.0. The van der Waals surface area contributed by atoms with Crippen LogP contribution in [0.2, 0.25) is 0 Å². The lowest BCUT2D eigenvalue weighted by Gasteiger charge is -1.89. The van der Waals surface area contributed by atoms with E-state index in [1.54, 1.807) is 0 Å². The lowest BCUT2D eigenvalue weighted by atomic mass is 10.2. The van der Waals surface area contributed by atoms with Crippen LogP contribution < -0.4 is 0 Å². The van der Waals surface area contributed by atoms with Crippen molar-refractivity contribution in [3.8, 4) is 0 Å². The molecule has 22 heavy (non-hydrogen) atoms. The van der Waals surface area contributed by atoms with Crippen molar-refractivity contribution in [2.75, 3.05) is 0 Å². The molecule has 0 aromatic heterocycles. The maximum atomic E-state index is 9.00. The maximum absolute atomic E-state index is 9.00. The molecule has 0 unspecified atom stereocenters. The smallest absolute Gasteiger partial charge is 0.300 e. The van der Waals surface area contributed by atoms with E-state index in [0.29, 0.717) is 0 Å². The first kappa shape index (κ1) is 22.2. The molecule has 2 heteroatoms. The SMILES string of the molecule is CC.CC(=O)O.CCc1ccccc1.CCc1ccccc1. The number of hydrogen-bond acceptors (Lipinski definition) is 1. The molecule has 0 saturated carbocycles. The molecule has 2 rings (SSSR count). The van der Waals surface area contributed by atoms with Crippen molar-refractivity contribution in [2.45, 2.75) is 47.5 Å². The van der Waals surface area contributed by atoms with Gasteiger partial charge in [-0.3, -0.25) is 4.79 Å². The Morgan fingerprint density at radius 3 is 1.14 bits per heavy atom. The van der Waals surface area contributed by atoms with Gasteiger partial charge >= 0.3 is 0 Å². The van der Waals surface area contributed by atoms with Crippen LogP contribution in [-0.4, -0.2) is 11.1 Å². The van der Waals surface area contributed by atoms with Gasteiger partial charge in [0.25, 0.3) is 5.97 Å². The summed E-state index contributed by atoms with van der Waals surface area (Å²) < 4.78 is 0. The van der Waals surface area contributed by atoms with Crippen molar-refractivity contribution in [2.24, 2.45) is 0 Å². The van der Waals surface area contributed by atoms with Crippen molar-refractivity contribution in [1.82, 2.24) is 0 Å². The zero-order valence-electron chi connectivity index (χ0n) is 14.5. The van der Waals surface area contributed by atoms with Crippen molar-refractivity contribution in [3.63, 3.8) is 0 Å². The van der Waals surface area contributed by atoms with E-state index < -0.39 is 5.97 Å². The molecule has 0 heterocycles. The largest absolute Gasteiger partial charge is 0.481 e. The van der Waals surface area contributed by atoms with Crippen LogP contribution in [0.4, 0.5) is 0 Å². The number of carbonyl (C=O) groups is 1. The summed E-state index contributed by atoms with van der Waals surface area (Å²) in [5.41, 5.74) is 2.82. The fourth-order valence-corrected chi connectivity index (χ4v) is 1.43. The molecule has 2 nitrogen and oxygen atoms in total. The van der Waals surface area contributed by atoms with Crippen LogP contribution in [0.1, 0.15) is 45.7 Å². The van der Waals surface area contributed by atoms with Gasteiger partial charge in [-0.15, -0.1) is 0 Å². The van der Waals surface area contributed by atoms with Gasteiger partial charge in [0, 0.05) is 6.92 Å². The van der Waals surface area contributed by atoms with Gasteiger partial charge in [-0.25, -0.2) is 0 Å². The second-order valence-electron chi connectivity index (χ2n) is 4.20. The predicted octanol–water partition coefficient (Wildman–Crippen LogP) is 5.62. The van der Waals surface area contributed by atoms with Crippen LogP contribution in [0.25, 0.3) is 0 Å². The molecule has 0 bridgehead atoms. The van der Waals surface area contributed by atoms with Crippen LogP contribution >= 0.6 is 0 Å². The summed E-state index contributed by atoms with van der Waals surface area (Å²) in [7, 11) is 0. The molecule has 122 valence electrons. The van der Waals surface area contributed by atoms with Crippen LogP contribution in [0.3, 0.4) is 0 Å². The average molecular weight is 302 g/mol. The molecule has 0 saturated heterocycles. The van der Waals surface area contributed by atoms with Crippen molar-refractivity contribution < 1.29 is 9.90 Å². The Hall–Kier alpha value is -2.09. The summed E-state index contributed by atoms with van der Waals surface area (Å²) in [5, 5.41) is 7.42. The number of carboxylic acids is 1. The first-order chi connectivity index (χ1) is 10.6. The highest BCUT2D eigenvalue weighted by Gasteiger charge is 1.80. The summed E-state index contributed by atoms with van der Waals surface area (Å²) in [6.07, 6.45) is 2.28. The first-order valence-corrected chi connectivity index (χ1v) is 7.87. The Morgan fingerprint density at radius 2 is 1.00 bits per heavy atom. The highest BCUT2D eigenvalue weighted by atomic mass is 16.4. The predicted molar refractivity (Wildman–Crippen MR) is 96.3 cm³/mol. The molecule has 0 radical (unpaired) electrons. The Morgan fingerprint density at radius 1 is 0.773 bits per heavy atom. The van der Waals surface area contributed by atoms with E-state index >= 15 is 0 Å². The molecular weight excluding hydrogens is 272 g/mol. The minimum absolute atomic E-state index is 0.833. The monoisotopic (exact) mass is 302 g/mol. The van der Waals surface area contributed by atoms with Gasteiger partial charge in [0.1, 0.15) is 0 Å². The molecule has 1 N–H and O–H groups in total. The van der Waals surface area contributed by atoms with E-state index in [9.17, 15) is 0 Å². The topological polar surface area (TPSA) is 37.3 Å². The number of hydrogen-bond donors (Lipinski definition) is 1. The average Bonchev–Trinajstić information content (AvgIpc) is 2.58. The summed E-state index contributed by atoms with van der Waals surface area (Å²) >= 11 is 0. The summed E-state index contributed by atoms with van der Waals surface area (Å²) in [5.74, 6) is -0.833. The molecule has 0 atom stereocenters. The fraction of sp³-hybridized carbons (Fsp3) is 0.350. The van der Waals surface area contributed by atoms with Crippen molar-refractivity contribution in [3.05, 3.63) is 71.8 Å². The van der Waals surface area contributed by atoms with E-state index in [4.69, 9.17) is 9.90 Å². The lowest BCUT2D eigenvalue weighted by Crippen LogP contribution is -1.78.